The molecule has 0 aliphatic rings. The van der Waals surface area contributed by atoms with Gasteiger partial charge < -0.3 is 15.2 Å². The number of nitrogens with one attached hydrogen (secondary N) is 1. The van der Waals surface area contributed by atoms with Gasteiger partial charge in [-0.1, -0.05) is 6.07 Å². The quantitative estimate of drug-likeness (QED) is 0.768. The van der Waals surface area contributed by atoms with Crippen molar-refractivity contribution >= 4 is 5.91 Å². The standard InChI is InChI=1S/C13H19NO3/c1-9(2)17-8-7-14-13(16)11-5-4-6-12(15)10(11)3/h4-6,9,15H,7-8H2,1-3H3,(H,14,16). The highest BCUT2D eigenvalue weighted by molar-refractivity contribution is 5.96. The third-order valence-corrected chi connectivity index (χ3v) is 2.39. The van der Waals surface area contributed by atoms with Gasteiger partial charge in [0.05, 0.1) is 12.7 Å². The molecule has 0 aromatic heterocycles. The predicted octanol–water partition coefficient (Wildman–Crippen LogP) is 1.86. The van der Waals surface area contributed by atoms with E-state index in [0.717, 1.165) is 0 Å². The van der Waals surface area contributed by atoms with Crippen LogP contribution in [0, 0.1) is 6.92 Å². The molecule has 1 aromatic carbocycles. The van der Waals surface area contributed by atoms with Crippen LogP contribution in [0.3, 0.4) is 0 Å². The smallest absolute Gasteiger partial charge is 0.251 e. The first kappa shape index (κ1) is 13.5. The summed E-state index contributed by atoms with van der Waals surface area (Å²) in [5.41, 5.74) is 1.09. The number of rotatable bonds is 5. The zero-order chi connectivity index (χ0) is 12.8. The first-order valence-electron chi connectivity index (χ1n) is 5.70. The molecule has 4 heteroatoms. The van der Waals surface area contributed by atoms with Crippen molar-refractivity contribution in [2.45, 2.75) is 26.9 Å². The van der Waals surface area contributed by atoms with Gasteiger partial charge in [-0.25, -0.2) is 0 Å². The summed E-state index contributed by atoms with van der Waals surface area (Å²) in [4.78, 5) is 11.8. The summed E-state index contributed by atoms with van der Waals surface area (Å²) in [5, 5.41) is 12.2. The molecule has 0 aliphatic heterocycles. The maximum atomic E-state index is 11.8. The highest BCUT2D eigenvalue weighted by atomic mass is 16.5. The number of ether oxygens (including phenoxy) is 1. The van der Waals surface area contributed by atoms with Crippen LogP contribution >= 0.6 is 0 Å². The van der Waals surface area contributed by atoms with E-state index in [-0.39, 0.29) is 17.8 Å². The minimum atomic E-state index is -0.189. The van der Waals surface area contributed by atoms with Gasteiger partial charge in [0.1, 0.15) is 5.75 Å². The Bertz CT molecular complexity index is 388. The number of aromatic hydroxyl groups is 1. The summed E-state index contributed by atoms with van der Waals surface area (Å²) in [6, 6.07) is 4.91. The molecule has 0 aliphatic carbocycles. The van der Waals surface area contributed by atoms with Crippen LogP contribution in [-0.2, 0) is 4.74 Å². The second kappa shape index (κ2) is 6.25. The highest BCUT2D eigenvalue weighted by Gasteiger charge is 2.10. The van der Waals surface area contributed by atoms with E-state index in [0.29, 0.717) is 24.3 Å². The summed E-state index contributed by atoms with van der Waals surface area (Å²) >= 11 is 0. The second-order valence-corrected chi connectivity index (χ2v) is 4.13. The summed E-state index contributed by atoms with van der Waals surface area (Å²) in [6.07, 6.45) is 0.161. The van der Waals surface area contributed by atoms with Gasteiger partial charge in [0.2, 0.25) is 0 Å². The molecule has 17 heavy (non-hydrogen) atoms. The number of benzene rings is 1. The Morgan fingerprint density at radius 2 is 2.18 bits per heavy atom. The van der Waals surface area contributed by atoms with Crippen LogP contribution in [0.4, 0.5) is 0 Å². The van der Waals surface area contributed by atoms with Crippen molar-refractivity contribution in [1.29, 1.82) is 0 Å². The van der Waals surface area contributed by atoms with E-state index >= 15 is 0 Å². The number of phenols is 1. The Kier molecular flexibility index (Phi) is 4.97. The summed E-state index contributed by atoms with van der Waals surface area (Å²) in [5.74, 6) is -0.0539. The van der Waals surface area contributed by atoms with E-state index in [4.69, 9.17) is 4.74 Å². The summed E-state index contributed by atoms with van der Waals surface area (Å²) in [7, 11) is 0. The molecule has 0 heterocycles. The van der Waals surface area contributed by atoms with Gasteiger partial charge in [-0.15, -0.1) is 0 Å². The van der Waals surface area contributed by atoms with E-state index < -0.39 is 0 Å². The third-order valence-electron chi connectivity index (χ3n) is 2.39. The Labute approximate surface area is 102 Å². The minimum Gasteiger partial charge on any atom is -0.508 e. The molecule has 0 bridgehead atoms. The number of hydrogen-bond acceptors (Lipinski definition) is 3. The van der Waals surface area contributed by atoms with Gasteiger partial charge >= 0.3 is 0 Å². The summed E-state index contributed by atoms with van der Waals surface area (Å²) < 4.78 is 5.32. The molecule has 2 N–H and O–H groups in total. The molecule has 94 valence electrons. The Morgan fingerprint density at radius 1 is 1.47 bits per heavy atom. The van der Waals surface area contributed by atoms with Crippen LogP contribution < -0.4 is 5.32 Å². The molecule has 0 saturated carbocycles. The molecular formula is C13H19NO3. The summed E-state index contributed by atoms with van der Waals surface area (Å²) in [6.45, 7) is 6.56. The molecule has 1 amide bonds. The number of phenolic OH excluding ortho intramolecular Hbond substituents is 1. The fourth-order valence-electron chi connectivity index (χ4n) is 1.42. The van der Waals surface area contributed by atoms with Crippen molar-refractivity contribution in [1.82, 2.24) is 5.32 Å². The molecule has 0 fully saturated rings. The SMILES string of the molecule is Cc1c(O)cccc1C(=O)NCCOC(C)C. The zero-order valence-corrected chi connectivity index (χ0v) is 10.5. The fourth-order valence-corrected chi connectivity index (χ4v) is 1.42. The lowest BCUT2D eigenvalue weighted by molar-refractivity contribution is 0.0746. The van der Waals surface area contributed by atoms with Crippen molar-refractivity contribution in [3.8, 4) is 5.75 Å². The molecule has 0 radical (unpaired) electrons. The molecule has 0 spiro atoms. The lowest BCUT2D eigenvalue weighted by atomic mass is 10.1. The van der Waals surface area contributed by atoms with Crippen LogP contribution in [0.1, 0.15) is 29.8 Å². The Balaban J connectivity index is 2.50. The monoisotopic (exact) mass is 237 g/mol. The predicted molar refractivity (Wildman–Crippen MR) is 66.3 cm³/mol. The van der Waals surface area contributed by atoms with Crippen molar-refractivity contribution in [2.24, 2.45) is 0 Å². The number of carbonyl (C=O) groups is 1. The van der Waals surface area contributed by atoms with Gasteiger partial charge in [0, 0.05) is 17.7 Å². The van der Waals surface area contributed by atoms with Crippen molar-refractivity contribution in [3.05, 3.63) is 29.3 Å². The van der Waals surface area contributed by atoms with Crippen LogP contribution in [0.15, 0.2) is 18.2 Å². The zero-order valence-electron chi connectivity index (χ0n) is 10.5. The average molecular weight is 237 g/mol. The molecule has 4 nitrogen and oxygen atoms in total. The third kappa shape index (κ3) is 4.07. The molecule has 0 atom stereocenters. The average Bonchev–Trinajstić information content (AvgIpc) is 2.27. The largest absolute Gasteiger partial charge is 0.508 e. The van der Waals surface area contributed by atoms with Crippen molar-refractivity contribution < 1.29 is 14.6 Å². The number of amides is 1. The topological polar surface area (TPSA) is 58.6 Å². The van der Waals surface area contributed by atoms with Gasteiger partial charge in [-0.05, 0) is 32.9 Å². The van der Waals surface area contributed by atoms with Crippen LogP contribution in [0.2, 0.25) is 0 Å². The lowest BCUT2D eigenvalue weighted by Gasteiger charge is -2.10. The highest BCUT2D eigenvalue weighted by Crippen LogP contribution is 2.19. The van der Waals surface area contributed by atoms with Gasteiger partial charge in [-0.3, -0.25) is 4.79 Å². The maximum Gasteiger partial charge on any atom is 0.251 e. The molecule has 1 aromatic rings. The molecule has 0 unspecified atom stereocenters. The Hall–Kier alpha value is -1.55. The van der Waals surface area contributed by atoms with Crippen LogP contribution in [-0.4, -0.2) is 30.3 Å². The second-order valence-electron chi connectivity index (χ2n) is 4.13. The van der Waals surface area contributed by atoms with Crippen LogP contribution in [0.25, 0.3) is 0 Å². The number of hydrogen-bond donors (Lipinski definition) is 2. The van der Waals surface area contributed by atoms with Crippen molar-refractivity contribution in [3.63, 3.8) is 0 Å². The van der Waals surface area contributed by atoms with E-state index in [9.17, 15) is 9.90 Å². The first-order chi connectivity index (χ1) is 8.02. The van der Waals surface area contributed by atoms with Gasteiger partial charge in [0.15, 0.2) is 0 Å². The normalized spacial score (nSPS) is 10.6. The van der Waals surface area contributed by atoms with Crippen LogP contribution in [0.5, 0.6) is 5.75 Å². The van der Waals surface area contributed by atoms with Crippen molar-refractivity contribution in [2.75, 3.05) is 13.2 Å². The number of carbonyl (C=O) groups excluding carboxylic acids is 1. The van der Waals surface area contributed by atoms with E-state index in [1.807, 2.05) is 13.8 Å². The first-order valence-corrected chi connectivity index (χ1v) is 5.70. The molecule has 1 rings (SSSR count). The van der Waals surface area contributed by atoms with Gasteiger partial charge in [0.25, 0.3) is 5.91 Å². The van der Waals surface area contributed by atoms with E-state index in [2.05, 4.69) is 5.32 Å². The fraction of sp³-hybridized carbons (Fsp3) is 0.462. The van der Waals surface area contributed by atoms with E-state index in [1.54, 1.807) is 25.1 Å². The molecule has 0 saturated heterocycles. The Morgan fingerprint density at radius 3 is 2.82 bits per heavy atom. The molecular weight excluding hydrogens is 218 g/mol. The van der Waals surface area contributed by atoms with E-state index in [1.165, 1.54) is 0 Å². The minimum absolute atomic E-state index is 0.135. The maximum absolute atomic E-state index is 11.8. The van der Waals surface area contributed by atoms with Gasteiger partial charge in [-0.2, -0.15) is 0 Å². The lowest BCUT2D eigenvalue weighted by Crippen LogP contribution is -2.28.